The van der Waals surface area contributed by atoms with Gasteiger partial charge in [-0.05, 0) is 75.5 Å². The van der Waals surface area contributed by atoms with Crippen LogP contribution in [0.4, 0.5) is 0 Å². The average molecular weight is 647 g/mol. The summed E-state index contributed by atoms with van der Waals surface area (Å²) >= 11 is 6.31. The first-order valence-corrected chi connectivity index (χ1v) is 21.8. The maximum atomic E-state index is 2.61. The van der Waals surface area contributed by atoms with E-state index < -0.39 is 10.0 Å². The van der Waals surface area contributed by atoms with E-state index in [2.05, 4.69) is 107 Å². The first kappa shape index (κ1) is 35.9. The smallest absolute Gasteiger partial charge is 0.0584 e. The predicted molar refractivity (Wildman–Crippen MR) is 198 cm³/mol. The number of rotatable bonds is 19. The summed E-state index contributed by atoms with van der Waals surface area (Å²) in [5.74, 6) is 2.22. The van der Waals surface area contributed by atoms with Crippen molar-refractivity contribution in [3.8, 4) is 9.75 Å². The Labute approximate surface area is 274 Å². The molecular formula is C38H62S4. The zero-order chi connectivity index (χ0) is 30.4. The second-order valence-electron chi connectivity index (χ2n) is 12.6. The topological polar surface area (TPSA) is 0 Å². The highest BCUT2D eigenvalue weighted by Crippen LogP contribution is 2.80. The van der Waals surface area contributed by atoms with Crippen molar-refractivity contribution in [2.45, 2.75) is 172 Å². The van der Waals surface area contributed by atoms with Gasteiger partial charge in [-0.15, -0.1) is 44.0 Å². The van der Waals surface area contributed by atoms with Crippen LogP contribution in [0.3, 0.4) is 0 Å². The van der Waals surface area contributed by atoms with E-state index in [1.165, 1.54) is 125 Å². The van der Waals surface area contributed by atoms with Crippen molar-refractivity contribution in [1.82, 2.24) is 0 Å². The minimum Gasteiger partial charge on any atom is -0.148 e. The summed E-state index contributed by atoms with van der Waals surface area (Å²) < 4.78 is 1.71. The summed E-state index contributed by atoms with van der Waals surface area (Å²) in [7, 11) is -1.17. The van der Waals surface area contributed by atoms with Crippen LogP contribution in [0.1, 0.15) is 152 Å². The molecule has 0 spiro atoms. The van der Waals surface area contributed by atoms with Crippen LogP contribution in [0.5, 0.6) is 0 Å². The number of aryl methyl sites for hydroxylation is 3. The number of hydrogen-bond acceptors (Lipinski definition) is 3. The van der Waals surface area contributed by atoms with Gasteiger partial charge in [0, 0.05) is 24.4 Å². The van der Waals surface area contributed by atoms with Gasteiger partial charge in [-0.25, -0.2) is 0 Å². The standard InChI is InChI=1S/C33H50S4.C5H12/c1-6-9-12-14-16-19-28-20-21-31(36-28)37(24-27(17-11-8-3)18-15-13-10-7-2)29-22-25(4)34-32(29)33-30(37)23-26(5)35-33;1-3-5-4-2/h20-23,27H,6-19,24H2,1-5H3;3-5H2,1-2H3. The van der Waals surface area contributed by atoms with Gasteiger partial charge in [0.15, 0.2) is 0 Å². The highest BCUT2D eigenvalue weighted by atomic mass is 32.3. The molecule has 0 N–H and O–H groups in total. The Kier molecular flexibility index (Phi) is 16.3. The van der Waals surface area contributed by atoms with Crippen molar-refractivity contribution in [2.75, 3.05) is 5.75 Å². The normalized spacial score (nSPS) is 14.7. The molecule has 0 saturated heterocycles. The third-order valence-electron chi connectivity index (χ3n) is 8.73. The molecule has 0 saturated carbocycles. The molecule has 3 aromatic heterocycles. The Morgan fingerprint density at radius 2 is 1.10 bits per heavy atom. The second-order valence-corrected chi connectivity index (χ2v) is 19.7. The summed E-state index contributed by atoms with van der Waals surface area (Å²) in [5, 5.41) is 0. The molecule has 0 aliphatic carbocycles. The first-order valence-electron chi connectivity index (χ1n) is 17.6. The van der Waals surface area contributed by atoms with Crippen LogP contribution in [0.25, 0.3) is 9.75 Å². The first-order chi connectivity index (χ1) is 20.4. The van der Waals surface area contributed by atoms with E-state index in [9.17, 15) is 0 Å². The van der Waals surface area contributed by atoms with Gasteiger partial charge in [-0.3, -0.25) is 0 Å². The fraction of sp³-hybridized carbons (Fsp3) is 0.684. The van der Waals surface area contributed by atoms with E-state index in [0.29, 0.717) is 0 Å². The largest absolute Gasteiger partial charge is 0.148 e. The lowest BCUT2D eigenvalue weighted by Gasteiger charge is -2.39. The summed E-state index contributed by atoms with van der Waals surface area (Å²) in [6, 6.07) is 10.3. The highest BCUT2D eigenvalue weighted by Gasteiger charge is 2.45. The Hall–Kier alpha value is -0.550. The maximum absolute atomic E-state index is 2.61. The number of fused-ring (bicyclic) bond motifs is 3. The van der Waals surface area contributed by atoms with Gasteiger partial charge >= 0.3 is 0 Å². The molecule has 0 nitrogen and oxygen atoms in total. The lowest BCUT2D eigenvalue weighted by molar-refractivity contribution is 0.449. The lowest BCUT2D eigenvalue weighted by atomic mass is 9.97. The Bertz CT molecular complexity index is 1100. The molecule has 238 valence electrons. The Balaban J connectivity index is 0.000000892. The van der Waals surface area contributed by atoms with Crippen LogP contribution in [0.15, 0.2) is 38.3 Å². The molecule has 1 aliphatic rings. The van der Waals surface area contributed by atoms with Gasteiger partial charge in [-0.2, -0.15) is 0 Å². The molecule has 1 atom stereocenters. The van der Waals surface area contributed by atoms with Gasteiger partial charge in [-0.1, -0.05) is 118 Å². The van der Waals surface area contributed by atoms with Crippen molar-refractivity contribution < 1.29 is 0 Å². The number of unbranched alkanes of at least 4 members (excludes halogenated alkanes) is 10. The number of thiophene rings is 3. The SMILES string of the molecule is CCCCC.CCCCCCCc1ccc(S2(CC(CCCC)CCCCCC)c3cc(C)sc3-c3sc(C)cc32)s1. The van der Waals surface area contributed by atoms with Gasteiger partial charge in [0.1, 0.15) is 0 Å². The highest BCUT2D eigenvalue weighted by molar-refractivity contribution is 8.35. The van der Waals surface area contributed by atoms with Crippen molar-refractivity contribution in [3.63, 3.8) is 0 Å². The van der Waals surface area contributed by atoms with E-state index in [1.54, 1.807) is 28.6 Å². The van der Waals surface area contributed by atoms with E-state index in [1.807, 2.05) is 0 Å². The summed E-state index contributed by atoms with van der Waals surface area (Å²) in [6.45, 7) is 16.1. The van der Waals surface area contributed by atoms with Gasteiger partial charge < -0.3 is 0 Å². The second kappa shape index (κ2) is 19.1. The molecule has 3 aromatic rings. The zero-order valence-corrected chi connectivity index (χ0v) is 31.5. The monoisotopic (exact) mass is 646 g/mol. The fourth-order valence-electron chi connectivity index (χ4n) is 6.37. The fourth-order valence-corrected chi connectivity index (χ4v) is 16.3. The molecule has 0 bridgehead atoms. The minimum atomic E-state index is -1.17. The summed E-state index contributed by atoms with van der Waals surface area (Å²) in [5.41, 5.74) is 0. The van der Waals surface area contributed by atoms with Crippen LogP contribution < -0.4 is 0 Å². The summed E-state index contributed by atoms with van der Waals surface area (Å²) in [4.78, 5) is 11.3. The Morgan fingerprint density at radius 1 is 0.571 bits per heavy atom. The molecular weight excluding hydrogens is 585 g/mol. The molecule has 4 heterocycles. The minimum absolute atomic E-state index is 0.839. The predicted octanol–water partition coefficient (Wildman–Crippen LogP) is 15.2. The van der Waals surface area contributed by atoms with E-state index in [-0.39, 0.29) is 0 Å². The molecule has 0 fully saturated rings. The van der Waals surface area contributed by atoms with Crippen molar-refractivity contribution in [3.05, 3.63) is 38.9 Å². The van der Waals surface area contributed by atoms with Crippen molar-refractivity contribution in [1.29, 1.82) is 0 Å². The molecule has 1 aliphatic heterocycles. The molecule has 0 radical (unpaired) electrons. The van der Waals surface area contributed by atoms with Crippen LogP contribution in [0, 0.1) is 19.8 Å². The third kappa shape index (κ3) is 9.48. The van der Waals surface area contributed by atoms with Gasteiger partial charge in [0.25, 0.3) is 0 Å². The molecule has 4 rings (SSSR count). The van der Waals surface area contributed by atoms with E-state index in [0.717, 1.165) is 5.92 Å². The van der Waals surface area contributed by atoms with Crippen molar-refractivity contribution >= 4 is 44.0 Å². The van der Waals surface area contributed by atoms with Crippen LogP contribution in [-0.4, -0.2) is 5.75 Å². The molecule has 42 heavy (non-hydrogen) atoms. The van der Waals surface area contributed by atoms with Gasteiger partial charge in [0.2, 0.25) is 0 Å². The summed E-state index contributed by atoms with van der Waals surface area (Å²) in [6.07, 6.45) is 23.3. The third-order valence-corrected chi connectivity index (χ3v) is 17.2. The van der Waals surface area contributed by atoms with Crippen LogP contribution in [-0.2, 0) is 6.42 Å². The van der Waals surface area contributed by atoms with Crippen LogP contribution >= 0.6 is 44.0 Å². The molecule has 1 unspecified atom stereocenters. The molecule has 4 heteroatoms. The quantitative estimate of drug-likeness (QED) is 0.114. The maximum Gasteiger partial charge on any atom is 0.0584 e. The lowest BCUT2D eigenvalue weighted by Crippen LogP contribution is -2.14. The van der Waals surface area contributed by atoms with Crippen LogP contribution in [0.2, 0.25) is 0 Å². The zero-order valence-electron chi connectivity index (χ0n) is 28.2. The van der Waals surface area contributed by atoms with Gasteiger partial charge in [0.05, 0.1) is 14.0 Å². The molecule has 0 aromatic carbocycles. The number of hydrogen-bond donors (Lipinski definition) is 0. The Morgan fingerprint density at radius 3 is 1.64 bits per heavy atom. The average Bonchev–Trinajstić information content (AvgIpc) is 3.74. The van der Waals surface area contributed by atoms with E-state index in [4.69, 9.17) is 0 Å². The van der Waals surface area contributed by atoms with Crippen molar-refractivity contribution in [2.24, 2.45) is 5.92 Å². The van der Waals surface area contributed by atoms with E-state index >= 15 is 0 Å². The molecule has 0 amide bonds.